The van der Waals surface area contributed by atoms with Crippen molar-refractivity contribution in [2.45, 2.75) is 9.24 Å². The lowest BCUT2D eigenvalue weighted by molar-refractivity contribution is 0.624. The molecule has 1 heterocycles. The minimum atomic E-state index is -0.227. The third-order valence-corrected chi connectivity index (χ3v) is 3.11. The van der Waals surface area contributed by atoms with Gasteiger partial charge in [0.15, 0.2) is 4.34 Å². The number of hydrogen-bond acceptors (Lipinski definition) is 4. The van der Waals surface area contributed by atoms with Gasteiger partial charge in [-0.1, -0.05) is 29.2 Å². The van der Waals surface area contributed by atoms with Crippen LogP contribution in [0.15, 0.2) is 39.0 Å². The molecule has 0 spiro atoms. The first-order valence-corrected chi connectivity index (χ1v) is 5.24. The first-order chi connectivity index (χ1) is 6.34. The zero-order valence-electron chi connectivity index (χ0n) is 6.48. The summed E-state index contributed by atoms with van der Waals surface area (Å²) in [5, 5.41) is 7.54. The fourth-order valence-corrected chi connectivity index (χ4v) is 2.34. The van der Waals surface area contributed by atoms with Gasteiger partial charge in [0.05, 0.1) is 0 Å². The smallest absolute Gasteiger partial charge is 0.178 e. The summed E-state index contributed by atoms with van der Waals surface area (Å²) in [5.74, 6) is -0.227. The molecule has 0 radical (unpaired) electrons. The molecule has 13 heavy (non-hydrogen) atoms. The van der Waals surface area contributed by atoms with E-state index in [1.807, 2.05) is 6.07 Å². The number of nitrogens with zero attached hydrogens (tertiary/aromatic N) is 2. The molecule has 1 aromatic heterocycles. The molecule has 0 aliphatic rings. The Morgan fingerprint density at radius 2 is 2.31 bits per heavy atom. The summed E-state index contributed by atoms with van der Waals surface area (Å²) < 4.78 is 13.6. The summed E-state index contributed by atoms with van der Waals surface area (Å²) in [6.45, 7) is 0. The van der Waals surface area contributed by atoms with Gasteiger partial charge in [0, 0.05) is 4.90 Å². The lowest BCUT2D eigenvalue weighted by Crippen LogP contribution is -1.75. The zero-order valence-corrected chi connectivity index (χ0v) is 8.11. The Morgan fingerprint density at radius 3 is 3.00 bits per heavy atom. The maximum atomic E-state index is 12.7. The number of halogens is 1. The zero-order chi connectivity index (χ0) is 9.10. The molecule has 0 unspecified atom stereocenters. The van der Waals surface area contributed by atoms with E-state index in [-0.39, 0.29) is 5.82 Å². The van der Waals surface area contributed by atoms with E-state index in [1.54, 1.807) is 11.6 Å². The monoisotopic (exact) mass is 212 g/mol. The molecule has 2 rings (SSSR count). The van der Waals surface area contributed by atoms with Gasteiger partial charge in [-0.15, -0.1) is 10.2 Å². The number of aromatic nitrogens is 2. The lowest BCUT2D eigenvalue weighted by atomic mass is 10.4. The van der Waals surface area contributed by atoms with Crippen molar-refractivity contribution < 1.29 is 4.39 Å². The van der Waals surface area contributed by atoms with E-state index in [1.165, 1.54) is 35.2 Å². The van der Waals surface area contributed by atoms with Gasteiger partial charge in [-0.2, -0.15) is 0 Å². The Morgan fingerprint density at radius 1 is 1.38 bits per heavy atom. The van der Waals surface area contributed by atoms with E-state index in [2.05, 4.69) is 10.2 Å². The van der Waals surface area contributed by atoms with Crippen LogP contribution in [0.1, 0.15) is 0 Å². The van der Waals surface area contributed by atoms with E-state index < -0.39 is 0 Å². The quantitative estimate of drug-likeness (QED) is 0.765. The Labute approximate surface area is 82.8 Å². The molecular formula is C8H5FN2S2. The molecule has 0 N–H and O–H groups in total. The van der Waals surface area contributed by atoms with Crippen LogP contribution in [0.4, 0.5) is 4.39 Å². The van der Waals surface area contributed by atoms with E-state index in [9.17, 15) is 4.39 Å². The van der Waals surface area contributed by atoms with E-state index >= 15 is 0 Å². The van der Waals surface area contributed by atoms with Crippen LogP contribution in [0, 0.1) is 5.82 Å². The molecule has 0 amide bonds. The predicted molar refractivity (Wildman–Crippen MR) is 50.4 cm³/mol. The van der Waals surface area contributed by atoms with Gasteiger partial charge in [0.2, 0.25) is 0 Å². The minimum Gasteiger partial charge on any atom is -0.207 e. The van der Waals surface area contributed by atoms with Crippen molar-refractivity contribution in [2.75, 3.05) is 0 Å². The number of benzene rings is 1. The highest BCUT2D eigenvalue weighted by Gasteiger charge is 2.00. The van der Waals surface area contributed by atoms with Crippen molar-refractivity contribution in [1.82, 2.24) is 10.2 Å². The van der Waals surface area contributed by atoms with Gasteiger partial charge in [0.1, 0.15) is 11.3 Å². The van der Waals surface area contributed by atoms with E-state index in [0.29, 0.717) is 0 Å². The Kier molecular flexibility index (Phi) is 2.56. The van der Waals surface area contributed by atoms with E-state index in [4.69, 9.17) is 0 Å². The van der Waals surface area contributed by atoms with Crippen LogP contribution < -0.4 is 0 Å². The fraction of sp³-hybridized carbons (Fsp3) is 0. The molecular weight excluding hydrogens is 207 g/mol. The largest absolute Gasteiger partial charge is 0.207 e. The summed E-state index contributed by atoms with van der Waals surface area (Å²) in [6.07, 6.45) is 0. The van der Waals surface area contributed by atoms with Crippen molar-refractivity contribution in [3.63, 3.8) is 0 Å². The van der Waals surface area contributed by atoms with Crippen LogP contribution in [-0.2, 0) is 0 Å². The molecule has 0 fully saturated rings. The van der Waals surface area contributed by atoms with Crippen molar-refractivity contribution in [2.24, 2.45) is 0 Å². The SMILES string of the molecule is Fc1cccc(Sc2nncs2)c1. The normalized spacial score (nSPS) is 10.2. The Balaban J connectivity index is 2.19. The second-order valence-corrected chi connectivity index (χ2v) is 4.42. The highest BCUT2D eigenvalue weighted by molar-refractivity contribution is 8.01. The van der Waals surface area contributed by atoms with E-state index in [0.717, 1.165) is 9.24 Å². The molecule has 0 saturated heterocycles. The first-order valence-electron chi connectivity index (χ1n) is 3.54. The van der Waals surface area contributed by atoms with Crippen LogP contribution in [0.2, 0.25) is 0 Å². The third-order valence-electron chi connectivity index (χ3n) is 1.34. The van der Waals surface area contributed by atoms with Crippen LogP contribution >= 0.6 is 23.1 Å². The maximum Gasteiger partial charge on any atom is 0.178 e. The predicted octanol–water partition coefficient (Wildman–Crippen LogP) is 2.83. The second-order valence-electron chi connectivity index (χ2n) is 2.26. The van der Waals surface area contributed by atoms with Crippen molar-refractivity contribution in [3.05, 3.63) is 35.6 Å². The topological polar surface area (TPSA) is 25.8 Å². The Bertz CT molecular complexity index is 389. The van der Waals surface area contributed by atoms with Crippen molar-refractivity contribution in [1.29, 1.82) is 0 Å². The first kappa shape index (κ1) is 8.65. The fourth-order valence-electron chi connectivity index (χ4n) is 0.839. The standard InChI is InChI=1S/C8H5FN2S2/c9-6-2-1-3-7(4-6)13-8-11-10-5-12-8/h1-5H. The van der Waals surface area contributed by atoms with Gasteiger partial charge in [-0.25, -0.2) is 4.39 Å². The van der Waals surface area contributed by atoms with Crippen LogP contribution in [0.5, 0.6) is 0 Å². The van der Waals surface area contributed by atoms with Gasteiger partial charge >= 0.3 is 0 Å². The number of hydrogen-bond donors (Lipinski definition) is 0. The third kappa shape index (κ3) is 2.26. The molecule has 66 valence electrons. The molecule has 0 saturated carbocycles. The van der Waals surface area contributed by atoms with Crippen LogP contribution in [-0.4, -0.2) is 10.2 Å². The summed E-state index contributed by atoms with van der Waals surface area (Å²) in [6, 6.07) is 6.42. The molecule has 0 aliphatic heterocycles. The van der Waals surface area contributed by atoms with Crippen molar-refractivity contribution >= 4 is 23.1 Å². The highest BCUT2D eigenvalue weighted by atomic mass is 32.2. The van der Waals surface area contributed by atoms with Gasteiger partial charge in [-0.05, 0) is 18.2 Å². The molecule has 0 atom stereocenters. The van der Waals surface area contributed by atoms with Crippen LogP contribution in [0.25, 0.3) is 0 Å². The van der Waals surface area contributed by atoms with Crippen LogP contribution in [0.3, 0.4) is 0 Å². The summed E-state index contributed by atoms with van der Waals surface area (Å²) in [5.41, 5.74) is 1.65. The van der Waals surface area contributed by atoms with Gasteiger partial charge in [-0.3, -0.25) is 0 Å². The average molecular weight is 212 g/mol. The molecule has 5 heteroatoms. The number of rotatable bonds is 2. The molecule has 2 nitrogen and oxygen atoms in total. The minimum absolute atomic E-state index is 0.227. The maximum absolute atomic E-state index is 12.7. The summed E-state index contributed by atoms with van der Waals surface area (Å²) >= 11 is 2.86. The molecule has 2 aromatic rings. The van der Waals surface area contributed by atoms with Gasteiger partial charge < -0.3 is 0 Å². The lowest BCUT2D eigenvalue weighted by Gasteiger charge is -1.95. The average Bonchev–Trinajstić information content (AvgIpc) is 2.57. The molecule has 1 aromatic carbocycles. The highest BCUT2D eigenvalue weighted by Crippen LogP contribution is 2.28. The van der Waals surface area contributed by atoms with Crippen molar-refractivity contribution in [3.8, 4) is 0 Å². The molecule has 0 bridgehead atoms. The molecule has 0 aliphatic carbocycles. The van der Waals surface area contributed by atoms with Gasteiger partial charge in [0.25, 0.3) is 0 Å². The second kappa shape index (κ2) is 3.85. The summed E-state index contributed by atoms with van der Waals surface area (Å²) in [4.78, 5) is 0.844. The Hall–Kier alpha value is -0.940. The summed E-state index contributed by atoms with van der Waals surface area (Å²) in [7, 11) is 0.